The molecule has 1 aromatic rings. The Hall–Kier alpha value is -1.50. The maximum absolute atomic E-state index is 13.7. The molecule has 134 valence electrons. The Labute approximate surface area is 143 Å². The highest BCUT2D eigenvalue weighted by atomic mass is 19.1. The number of carbonyl (C=O) groups is 1. The number of methoxy groups -OCH3 is 1. The van der Waals surface area contributed by atoms with Crippen LogP contribution in [-0.4, -0.2) is 74.4 Å². The summed E-state index contributed by atoms with van der Waals surface area (Å²) in [4.78, 5) is 16.4. The van der Waals surface area contributed by atoms with Crippen molar-refractivity contribution in [1.82, 2.24) is 9.80 Å². The summed E-state index contributed by atoms with van der Waals surface area (Å²) < 4.78 is 18.8. The van der Waals surface area contributed by atoms with Gasteiger partial charge in [-0.05, 0) is 24.6 Å². The van der Waals surface area contributed by atoms with E-state index >= 15 is 0 Å². The van der Waals surface area contributed by atoms with Gasteiger partial charge in [-0.25, -0.2) is 4.39 Å². The Morgan fingerprint density at radius 2 is 2.08 bits per heavy atom. The highest BCUT2D eigenvalue weighted by Gasteiger charge is 2.35. The summed E-state index contributed by atoms with van der Waals surface area (Å²) in [6, 6.07) is 6.37. The second-order valence-electron chi connectivity index (χ2n) is 6.52. The third-order valence-corrected chi connectivity index (χ3v) is 4.69. The molecule has 0 saturated carbocycles. The van der Waals surface area contributed by atoms with Crippen LogP contribution < -0.4 is 0 Å². The lowest BCUT2D eigenvalue weighted by Gasteiger charge is -2.23. The largest absolute Gasteiger partial charge is 0.396 e. The molecule has 0 unspecified atom stereocenters. The van der Waals surface area contributed by atoms with Gasteiger partial charge in [-0.15, -0.1) is 0 Å². The van der Waals surface area contributed by atoms with E-state index in [4.69, 9.17) is 4.74 Å². The van der Waals surface area contributed by atoms with Gasteiger partial charge in [-0.1, -0.05) is 18.2 Å². The Balaban J connectivity index is 1.92. The average Bonchev–Trinajstić information content (AvgIpc) is 2.98. The van der Waals surface area contributed by atoms with Crippen LogP contribution in [0.1, 0.15) is 5.56 Å². The van der Waals surface area contributed by atoms with Crippen LogP contribution in [0.5, 0.6) is 0 Å². The summed E-state index contributed by atoms with van der Waals surface area (Å²) in [5, 5.41) is 9.62. The minimum Gasteiger partial charge on any atom is -0.396 e. The van der Waals surface area contributed by atoms with Crippen molar-refractivity contribution < 1.29 is 19.0 Å². The number of rotatable bonds is 8. The zero-order chi connectivity index (χ0) is 17.5. The van der Waals surface area contributed by atoms with Crippen molar-refractivity contribution in [2.45, 2.75) is 6.42 Å². The number of amides is 1. The Morgan fingerprint density at radius 3 is 2.75 bits per heavy atom. The van der Waals surface area contributed by atoms with Crippen LogP contribution in [0.2, 0.25) is 0 Å². The minimum absolute atomic E-state index is 0.0618. The molecule has 2 rings (SSSR count). The maximum Gasteiger partial charge on any atom is 0.227 e. The third-order valence-electron chi connectivity index (χ3n) is 4.69. The highest BCUT2D eigenvalue weighted by molar-refractivity contribution is 5.79. The van der Waals surface area contributed by atoms with Crippen molar-refractivity contribution in [3.63, 3.8) is 0 Å². The monoisotopic (exact) mass is 338 g/mol. The summed E-state index contributed by atoms with van der Waals surface area (Å²) >= 11 is 0. The smallest absolute Gasteiger partial charge is 0.227 e. The summed E-state index contributed by atoms with van der Waals surface area (Å²) in [5.41, 5.74) is 0.420. The number of hydrogen-bond acceptors (Lipinski definition) is 4. The molecule has 1 aliphatic heterocycles. The number of likely N-dealkylation sites (tertiary alicyclic amines) is 1. The third kappa shape index (κ3) is 5.00. The summed E-state index contributed by atoms with van der Waals surface area (Å²) in [7, 11) is 3.68. The molecule has 1 fully saturated rings. The molecule has 1 N–H and O–H groups in total. The zero-order valence-electron chi connectivity index (χ0n) is 14.4. The quantitative estimate of drug-likeness (QED) is 0.769. The number of aliphatic hydroxyl groups excluding tert-OH is 1. The fourth-order valence-electron chi connectivity index (χ4n) is 3.21. The molecule has 1 aliphatic rings. The van der Waals surface area contributed by atoms with Crippen LogP contribution in [0.3, 0.4) is 0 Å². The molecule has 0 radical (unpaired) electrons. The standard InChI is InChI=1S/C18H27FN2O3/c1-20(7-8-24-2)10-15-11-21(12-16(15)13-22)18(23)9-14-5-3-4-6-17(14)19/h3-6,15-16,22H,7-13H2,1-2H3/t15-,16-/m1/s1. The van der Waals surface area contributed by atoms with Gasteiger partial charge in [0.15, 0.2) is 0 Å². The minimum atomic E-state index is -0.348. The van der Waals surface area contributed by atoms with Gasteiger partial charge >= 0.3 is 0 Å². The molecular weight excluding hydrogens is 311 g/mol. The Kier molecular flexibility index (Phi) is 7.15. The van der Waals surface area contributed by atoms with Crippen molar-refractivity contribution in [3.8, 4) is 0 Å². The molecule has 0 aromatic heterocycles. The van der Waals surface area contributed by atoms with Gasteiger partial charge in [0, 0.05) is 45.8 Å². The number of benzene rings is 1. The van der Waals surface area contributed by atoms with Gasteiger partial charge in [-0.3, -0.25) is 4.79 Å². The number of nitrogens with zero attached hydrogens (tertiary/aromatic N) is 2. The normalized spacial score (nSPS) is 20.8. The summed E-state index contributed by atoms with van der Waals surface area (Å²) in [6.07, 6.45) is 0.0665. The van der Waals surface area contributed by atoms with E-state index in [0.717, 1.165) is 13.1 Å². The molecule has 1 aromatic carbocycles. The first kappa shape index (κ1) is 18.8. The molecule has 2 atom stereocenters. The molecule has 1 amide bonds. The van der Waals surface area contributed by atoms with E-state index < -0.39 is 0 Å². The van der Waals surface area contributed by atoms with Crippen LogP contribution in [0.15, 0.2) is 24.3 Å². The van der Waals surface area contributed by atoms with Crippen molar-refractivity contribution in [2.75, 3.05) is 53.6 Å². The van der Waals surface area contributed by atoms with Crippen LogP contribution in [0.4, 0.5) is 4.39 Å². The van der Waals surface area contributed by atoms with E-state index in [1.54, 1.807) is 30.2 Å². The van der Waals surface area contributed by atoms with Crippen LogP contribution in [0, 0.1) is 17.7 Å². The van der Waals surface area contributed by atoms with Gasteiger partial charge in [0.05, 0.1) is 13.0 Å². The number of aliphatic hydroxyl groups is 1. The van der Waals surface area contributed by atoms with E-state index in [2.05, 4.69) is 4.90 Å². The maximum atomic E-state index is 13.7. The van der Waals surface area contributed by atoms with Gasteiger partial charge in [0.1, 0.15) is 5.82 Å². The molecule has 24 heavy (non-hydrogen) atoms. The van der Waals surface area contributed by atoms with Crippen molar-refractivity contribution >= 4 is 5.91 Å². The number of likely N-dealkylation sites (N-methyl/N-ethyl adjacent to an activating group) is 1. The molecule has 6 heteroatoms. The van der Waals surface area contributed by atoms with Crippen molar-refractivity contribution in [1.29, 1.82) is 0 Å². The molecular formula is C18H27FN2O3. The molecule has 0 spiro atoms. The van der Waals surface area contributed by atoms with Crippen LogP contribution >= 0.6 is 0 Å². The van der Waals surface area contributed by atoms with Crippen LogP contribution in [-0.2, 0) is 16.0 Å². The van der Waals surface area contributed by atoms with E-state index in [1.165, 1.54) is 6.07 Å². The first-order chi connectivity index (χ1) is 11.5. The number of carbonyl (C=O) groups excluding carboxylic acids is 1. The predicted molar refractivity (Wildman–Crippen MR) is 90.1 cm³/mol. The lowest BCUT2D eigenvalue weighted by molar-refractivity contribution is -0.129. The fourth-order valence-corrected chi connectivity index (χ4v) is 3.21. The van der Waals surface area contributed by atoms with Crippen molar-refractivity contribution in [3.05, 3.63) is 35.6 Å². The zero-order valence-corrected chi connectivity index (χ0v) is 14.4. The SMILES string of the molecule is COCCN(C)C[C@@H]1CN(C(=O)Cc2ccccc2F)C[C@@H]1CO. The van der Waals surface area contributed by atoms with E-state index in [-0.39, 0.29) is 36.6 Å². The molecule has 0 bridgehead atoms. The van der Waals surface area contributed by atoms with E-state index in [9.17, 15) is 14.3 Å². The lowest BCUT2D eigenvalue weighted by atomic mass is 9.96. The topological polar surface area (TPSA) is 53.0 Å². The van der Waals surface area contributed by atoms with E-state index in [0.29, 0.717) is 25.3 Å². The second kappa shape index (κ2) is 9.11. The van der Waals surface area contributed by atoms with Gasteiger partial charge in [-0.2, -0.15) is 0 Å². The van der Waals surface area contributed by atoms with E-state index in [1.807, 2.05) is 7.05 Å². The fraction of sp³-hybridized carbons (Fsp3) is 0.611. The molecule has 1 saturated heterocycles. The molecule has 0 aliphatic carbocycles. The average molecular weight is 338 g/mol. The summed E-state index contributed by atoms with van der Waals surface area (Å²) in [5.74, 6) is -0.138. The van der Waals surface area contributed by atoms with Gasteiger partial charge < -0.3 is 19.6 Å². The van der Waals surface area contributed by atoms with Gasteiger partial charge in [0.25, 0.3) is 0 Å². The summed E-state index contributed by atoms with van der Waals surface area (Å²) in [6.45, 7) is 3.48. The molecule has 1 heterocycles. The Bertz CT molecular complexity index is 541. The lowest BCUT2D eigenvalue weighted by Crippen LogP contribution is -2.34. The number of ether oxygens (including phenoxy) is 1. The number of halogens is 1. The first-order valence-electron chi connectivity index (χ1n) is 8.34. The van der Waals surface area contributed by atoms with Gasteiger partial charge in [0.2, 0.25) is 5.91 Å². The van der Waals surface area contributed by atoms with Crippen LogP contribution in [0.25, 0.3) is 0 Å². The molecule has 5 nitrogen and oxygen atoms in total. The van der Waals surface area contributed by atoms with Crippen molar-refractivity contribution in [2.24, 2.45) is 11.8 Å². The number of hydrogen-bond donors (Lipinski definition) is 1. The predicted octanol–water partition coefficient (Wildman–Crippen LogP) is 1.01. The Morgan fingerprint density at radius 1 is 1.38 bits per heavy atom. The first-order valence-corrected chi connectivity index (χ1v) is 8.34. The second-order valence-corrected chi connectivity index (χ2v) is 6.52. The highest BCUT2D eigenvalue weighted by Crippen LogP contribution is 2.25.